The lowest BCUT2D eigenvalue weighted by Gasteiger charge is -2.24. The molecule has 10 nitrogen and oxygen atoms in total. The third-order valence-corrected chi connectivity index (χ3v) is 4.70. The highest BCUT2D eigenvalue weighted by atomic mass is 31.2. The highest BCUT2D eigenvalue weighted by Crippen LogP contribution is 2.48. The standard InChI is InChI=1S/C13H19N2O8P/c1-13(2)22-10-7(6-21-24(18,19)20)5-8(11(10)23-13)15-4-3-9(16)14-12(15)17/h3-4,7-8,10-11H,5-6H2,1-2H3,(H,14,16,17)(H2,18,19,20). The van der Waals surface area contributed by atoms with Crippen LogP contribution >= 0.6 is 7.82 Å². The minimum absolute atomic E-state index is 0.223. The Labute approximate surface area is 136 Å². The molecule has 1 aromatic heterocycles. The summed E-state index contributed by atoms with van der Waals surface area (Å²) in [5, 5.41) is 0. The molecule has 0 spiro atoms. The number of fused-ring (bicyclic) bond motifs is 1. The van der Waals surface area contributed by atoms with Gasteiger partial charge in [-0.3, -0.25) is 18.9 Å². The van der Waals surface area contributed by atoms with E-state index >= 15 is 0 Å². The lowest BCUT2D eigenvalue weighted by atomic mass is 10.1. The van der Waals surface area contributed by atoms with Gasteiger partial charge in [-0.15, -0.1) is 0 Å². The highest BCUT2D eigenvalue weighted by molar-refractivity contribution is 7.46. The van der Waals surface area contributed by atoms with Crippen molar-refractivity contribution in [3.8, 4) is 0 Å². The van der Waals surface area contributed by atoms with Gasteiger partial charge < -0.3 is 19.3 Å². The van der Waals surface area contributed by atoms with Gasteiger partial charge in [0.05, 0.1) is 18.8 Å². The Morgan fingerprint density at radius 1 is 1.38 bits per heavy atom. The van der Waals surface area contributed by atoms with Crippen molar-refractivity contribution in [2.45, 2.75) is 44.3 Å². The van der Waals surface area contributed by atoms with Crippen molar-refractivity contribution >= 4 is 7.82 Å². The van der Waals surface area contributed by atoms with Crippen molar-refractivity contribution in [2.24, 2.45) is 5.92 Å². The summed E-state index contributed by atoms with van der Waals surface area (Å²) in [6.45, 7) is 3.22. The molecule has 4 atom stereocenters. The molecule has 1 aliphatic heterocycles. The van der Waals surface area contributed by atoms with Crippen molar-refractivity contribution in [3.63, 3.8) is 0 Å². The fraction of sp³-hybridized carbons (Fsp3) is 0.692. The van der Waals surface area contributed by atoms with Crippen LogP contribution in [0, 0.1) is 5.92 Å². The first-order chi connectivity index (χ1) is 11.1. The van der Waals surface area contributed by atoms with Gasteiger partial charge in [-0.05, 0) is 20.3 Å². The van der Waals surface area contributed by atoms with Crippen LogP contribution in [0.4, 0.5) is 0 Å². The van der Waals surface area contributed by atoms with Crippen molar-refractivity contribution in [1.29, 1.82) is 0 Å². The van der Waals surface area contributed by atoms with Crippen LogP contribution in [0.1, 0.15) is 26.3 Å². The molecule has 2 heterocycles. The minimum atomic E-state index is -4.61. The lowest BCUT2D eigenvalue weighted by Crippen LogP contribution is -2.36. The molecule has 1 saturated carbocycles. The fourth-order valence-electron chi connectivity index (χ4n) is 3.37. The molecule has 4 unspecified atom stereocenters. The van der Waals surface area contributed by atoms with Gasteiger partial charge in [0.2, 0.25) is 0 Å². The number of H-pyrrole nitrogens is 1. The maximum absolute atomic E-state index is 12.1. The van der Waals surface area contributed by atoms with E-state index in [4.69, 9.17) is 19.3 Å². The Bertz CT molecular complexity index is 781. The number of hydrogen-bond donors (Lipinski definition) is 3. The number of aromatic amines is 1. The Balaban J connectivity index is 1.89. The summed E-state index contributed by atoms with van der Waals surface area (Å²) in [5.74, 6) is -1.26. The maximum atomic E-state index is 12.1. The fourth-order valence-corrected chi connectivity index (χ4v) is 3.76. The number of hydrogen-bond acceptors (Lipinski definition) is 6. The largest absolute Gasteiger partial charge is 0.469 e. The average molecular weight is 362 g/mol. The van der Waals surface area contributed by atoms with E-state index < -0.39 is 43.1 Å². The Hall–Kier alpha value is -1.29. The van der Waals surface area contributed by atoms with Gasteiger partial charge in [-0.2, -0.15) is 0 Å². The smallest absolute Gasteiger partial charge is 0.344 e. The normalized spacial score (nSPS) is 32.0. The SMILES string of the molecule is CC1(C)OC2C(COP(=O)(O)O)CC(n3ccc(=O)[nH]c3=O)C2O1. The van der Waals surface area contributed by atoms with E-state index in [0.29, 0.717) is 6.42 Å². The average Bonchev–Trinajstić information content (AvgIpc) is 2.90. The first-order valence-corrected chi connectivity index (χ1v) is 8.96. The molecule has 1 aliphatic carbocycles. The molecular formula is C13H19N2O8P. The van der Waals surface area contributed by atoms with E-state index in [9.17, 15) is 14.2 Å². The summed E-state index contributed by atoms with van der Waals surface area (Å²) in [6.07, 6.45) is 0.769. The zero-order valence-corrected chi connectivity index (χ0v) is 14.0. The van der Waals surface area contributed by atoms with Crippen LogP contribution in [0.15, 0.2) is 21.9 Å². The van der Waals surface area contributed by atoms with E-state index in [1.54, 1.807) is 13.8 Å². The molecular weight excluding hydrogens is 343 g/mol. The first kappa shape index (κ1) is 17.5. The third-order valence-electron chi connectivity index (χ3n) is 4.22. The van der Waals surface area contributed by atoms with Crippen LogP contribution in [0.25, 0.3) is 0 Å². The lowest BCUT2D eigenvalue weighted by molar-refractivity contribution is -0.161. The third kappa shape index (κ3) is 3.53. The summed E-state index contributed by atoms with van der Waals surface area (Å²) in [4.78, 5) is 43.3. The number of phosphoric ester groups is 1. The van der Waals surface area contributed by atoms with E-state index in [-0.39, 0.29) is 12.5 Å². The zero-order valence-electron chi connectivity index (χ0n) is 13.1. The second-order valence-corrected chi connectivity index (χ2v) is 7.67. The number of rotatable bonds is 4. The summed E-state index contributed by atoms with van der Waals surface area (Å²) in [7, 11) is -4.61. The number of nitrogens with one attached hydrogen (secondary N) is 1. The van der Waals surface area contributed by atoms with Gasteiger partial charge in [0.25, 0.3) is 5.56 Å². The Morgan fingerprint density at radius 3 is 2.67 bits per heavy atom. The summed E-state index contributed by atoms with van der Waals surface area (Å²) in [5.41, 5.74) is -1.08. The molecule has 2 fully saturated rings. The molecule has 1 aromatic rings. The van der Waals surface area contributed by atoms with Crippen LogP contribution in [-0.4, -0.2) is 43.9 Å². The predicted molar refractivity (Wildman–Crippen MR) is 80.3 cm³/mol. The predicted octanol–water partition coefficient (Wildman–Crippen LogP) is -0.273. The second kappa shape index (κ2) is 5.91. The molecule has 0 aromatic carbocycles. The van der Waals surface area contributed by atoms with Gasteiger partial charge in [0.1, 0.15) is 6.10 Å². The number of phosphoric acid groups is 1. The number of nitrogens with zero attached hydrogens (tertiary/aromatic N) is 1. The van der Waals surface area contributed by atoms with Gasteiger partial charge in [-0.1, -0.05) is 0 Å². The molecule has 0 amide bonds. The van der Waals surface area contributed by atoms with Crippen LogP contribution in [0.5, 0.6) is 0 Å². The van der Waals surface area contributed by atoms with Gasteiger partial charge in [-0.25, -0.2) is 9.36 Å². The van der Waals surface area contributed by atoms with E-state index in [0.717, 1.165) is 0 Å². The summed E-state index contributed by atoms with van der Waals surface area (Å²) < 4.78 is 28.6. The van der Waals surface area contributed by atoms with E-state index in [1.165, 1.54) is 16.8 Å². The molecule has 2 aliphatic rings. The van der Waals surface area contributed by atoms with Crippen LogP contribution < -0.4 is 11.2 Å². The van der Waals surface area contributed by atoms with Crippen molar-refractivity contribution < 1.29 is 28.3 Å². The monoisotopic (exact) mass is 362 g/mol. The van der Waals surface area contributed by atoms with Gasteiger partial charge in [0.15, 0.2) is 5.79 Å². The maximum Gasteiger partial charge on any atom is 0.469 e. The van der Waals surface area contributed by atoms with Gasteiger partial charge in [0, 0.05) is 18.2 Å². The number of aromatic nitrogens is 2. The van der Waals surface area contributed by atoms with E-state index in [1.807, 2.05) is 0 Å². The quantitative estimate of drug-likeness (QED) is 0.622. The van der Waals surface area contributed by atoms with Crippen molar-refractivity contribution in [3.05, 3.63) is 33.1 Å². The van der Waals surface area contributed by atoms with E-state index in [2.05, 4.69) is 9.51 Å². The molecule has 134 valence electrons. The van der Waals surface area contributed by atoms with Crippen molar-refractivity contribution in [1.82, 2.24) is 9.55 Å². The Morgan fingerprint density at radius 2 is 2.04 bits per heavy atom. The van der Waals surface area contributed by atoms with Gasteiger partial charge >= 0.3 is 13.5 Å². The van der Waals surface area contributed by atoms with Crippen LogP contribution in [0.2, 0.25) is 0 Å². The molecule has 0 radical (unpaired) electrons. The van der Waals surface area contributed by atoms with Crippen LogP contribution in [-0.2, 0) is 18.6 Å². The zero-order chi connectivity index (χ0) is 17.7. The molecule has 1 saturated heterocycles. The molecule has 0 bridgehead atoms. The topological polar surface area (TPSA) is 140 Å². The molecule has 3 N–H and O–H groups in total. The van der Waals surface area contributed by atoms with Crippen LogP contribution in [0.3, 0.4) is 0 Å². The first-order valence-electron chi connectivity index (χ1n) is 7.43. The second-order valence-electron chi connectivity index (χ2n) is 6.43. The molecule has 3 rings (SSSR count). The number of ether oxygens (including phenoxy) is 2. The molecule has 24 heavy (non-hydrogen) atoms. The Kier molecular flexibility index (Phi) is 4.31. The van der Waals surface area contributed by atoms with Crippen molar-refractivity contribution in [2.75, 3.05) is 6.61 Å². The minimum Gasteiger partial charge on any atom is -0.344 e. The summed E-state index contributed by atoms with van der Waals surface area (Å²) in [6, 6.07) is 0.795. The highest BCUT2D eigenvalue weighted by Gasteiger charge is 2.55. The summed E-state index contributed by atoms with van der Waals surface area (Å²) >= 11 is 0. The molecule has 11 heteroatoms.